The van der Waals surface area contributed by atoms with E-state index in [4.69, 9.17) is 14.2 Å². The zero-order chi connectivity index (χ0) is 22.5. The first-order chi connectivity index (χ1) is 15.6. The molecule has 2 aromatic carbocycles. The van der Waals surface area contributed by atoms with E-state index in [0.717, 1.165) is 16.8 Å². The average molecular weight is 430 g/mol. The lowest BCUT2D eigenvalue weighted by atomic mass is 10.1. The molecular weight excluding hydrogens is 408 g/mol. The predicted octanol–water partition coefficient (Wildman–Crippen LogP) is 4.07. The number of carbonyl (C=O) groups excluding carboxylic acids is 1. The van der Waals surface area contributed by atoms with Crippen LogP contribution in [0.4, 0.5) is 5.69 Å². The van der Waals surface area contributed by atoms with Crippen molar-refractivity contribution in [2.45, 2.75) is 0 Å². The van der Waals surface area contributed by atoms with Crippen LogP contribution in [-0.4, -0.2) is 41.6 Å². The van der Waals surface area contributed by atoms with Gasteiger partial charge in [0.25, 0.3) is 0 Å². The molecule has 0 aliphatic rings. The van der Waals surface area contributed by atoms with Crippen LogP contribution < -0.4 is 19.5 Å². The van der Waals surface area contributed by atoms with E-state index in [2.05, 4.69) is 15.3 Å². The van der Waals surface area contributed by atoms with Crippen molar-refractivity contribution in [2.75, 3.05) is 26.6 Å². The van der Waals surface area contributed by atoms with E-state index in [0.29, 0.717) is 28.7 Å². The summed E-state index contributed by atoms with van der Waals surface area (Å²) in [6.07, 6.45) is 8.61. The van der Waals surface area contributed by atoms with Crippen LogP contribution in [0.15, 0.2) is 67.1 Å². The minimum Gasteiger partial charge on any atom is -0.493 e. The van der Waals surface area contributed by atoms with Gasteiger partial charge in [0, 0.05) is 35.9 Å². The first-order valence-corrected chi connectivity index (χ1v) is 9.80. The van der Waals surface area contributed by atoms with Crippen molar-refractivity contribution in [3.05, 3.63) is 72.7 Å². The topological polar surface area (TPSA) is 87.0 Å². The number of carbonyl (C=O) groups is 1. The zero-order valence-corrected chi connectivity index (χ0v) is 17.9. The number of amides is 1. The zero-order valence-electron chi connectivity index (χ0n) is 17.9. The lowest BCUT2D eigenvalue weighted by Gasteiger charge is -2.12. The van der Waals surface area contributed by atoms with E-state index < -0.39 is 0 Å². The van der Waals surface area contributed by atoms with Crippen LogP contribution in [0.1, 0.15) is 5.56 Å². The van der Waals surface area contributed by atoms with Crippen LogP contribution in [0.2, 0.25) is 0 Å². The van der Waals surface area contributed by atoms with Gasteiger partial charge in [0.05, 0.1) is 27.0 Å². The van der Waals surface area contributed by atoms with Crippen LogP contribution in [0.3, 0.4) is 0 Å². The summed E-state index contributed by atoms with van der Waals surface area (Å²) in [6.45, 7) is 0. The first-order valence-electron chi connectivity index (χ1n) is 9.80. The number of nitrogens with one attached hydrogen (secondary N) is 1. The molecule has 0 aliphatic heterocycles. The van der Waals surface area contributed by atoms with Gasteiger partial charge in [-0.15, -0.1) is 0 Å². The summed E-state index contributed by atoms with van der Waals surface area (Å²) in [5.41, 5.74) is 3.04. The van der Waals surface area contributed by atoms with Crippen molar-refractivity contribution in [1.82, 2.24) is 14.4 Å². The number of nitrogens with zero attached hydrogens (tertiary/aromatic N) is 3. The molecule has 0 atom stereocenters. The Balaban J connectivity index is 1.51. The molecule has 1 amide bonds. The molecule has 0 radical (unpaired) electrons. The first kappa shape index (κ1) is 20.9. The lowest BCUT2D eigenvalue weighted by Crippen LogP contribution is -2.07. The van der Waals surface area contributed by atoms with Crippen LogP contribution in [0, 0.1) is 0 Å². The van der Waals surface area contributed by atoms with Crippen molar-refractivity contribution in [2.24, 2.45) is 0 Å². The molecule has 8 nitrogen and oxygen atoms in total. The van der Waals surface area contributed by atoms with E-state index in [-0.39, 0.29) is 5.91 Å². The van der Waals surface area contributed by atoms with E-state index in [1.54, 1.807) is 45.7 Å². The predicted molar refractivity (Wildman–Crippen MR) is 122 cm³/mol. The third-order valence-corrected chi connectivity index (χ3v) is 4.78. The van der Waals surface area contributed by atoms with Gasteiger partial charge >= 0.3 is 0 Å². The average Bonchev–Trinajstić information content (AvgIpc) is 3.26. The Labute approximate surface area is 185 Å². The summed E-state index contributed by atoms with van der Waals surface area (Å²) >= 11 is 0. The van der Waals surface area contributed by atoms with E-state index >= 15 is 0 Å². The van der Waals surface area contributed by atoms with Gasteiger partial charge in [-0.2, -0.15) is 0 Å². The molecule has 0 bridgehead atoms. The number of aromatic nitrogens is 3. The summed E-state index contributed by atoms with van der Waals surface area (Å²) in [6, 6.07) is 12.9. The second kappa shape index (κ2) is 9.22. The Morgan fingerprint density at radius 3 is 2.50 bits per heavy atom. The maximum atomic E-state index is 12.5. The van der Waals surface area contributed by atoms with Crippen molar-refractivity contribution in [3.8, 4) is 28.5 Å². The number of methoxy groups -OCH3 is 3. The maximum absolute atomic E-state index is 12.5. The normalized spacial score (nSPS) is 11.0. The van der Waals surface area contributed by atoms with Gasteiger partial charge in [0.15, 0.2) is 11.5 Å². The highest BCUT2D eigenvalue weighted by Gasteiger charge is 2.12. The molecule has 4 aromatic rings. The summed E-state index contributed by atoms with van der Waals surface area (Å²) in [5, 5.41) is 2.87. The molecular formula is C24H22N4O4. The Morgan fingerprint density at radius 1 is 1.03 bits per heavy atom. The number of ether oxygens (including phenoxy) is 3. The van der Waals surface area contributed by atoms with E-state index in [1.165, 1.54) is 6.08 Å². The molecule has 8 heteroatoms. The van der Waals surface area contributed by atoms with Gasteiger partial charge in [-0.3, -0.25) is 9.20 Å². The van der Waals surface area contributed by atoms with Crippen LogP contribution in [0.25, 0.3) is 23.1 Å². The number of rotatable bonds is 7. The second-order valence-corrected chi connectivity index (χ2v) is 6.82. The van der Waals surface area contributed by atoms with E-state index in [1.807, 2.05) is 47.1 Å². The number of fused-ring (bicyclic) bond motifs is 1. The van der Waals surface area contributed by atoms with Gasteiger partial charge in [-0.05, 0) is 42.0 Å². The monoisotopic (exact) mass is 430 g/mol. The summed E-state index contributed by atoms with van der Waals surface area (Å²) in [5.74, 6) is 1.87. The Bertz CT molecular complexity index is 1240. The van der Waals surface area contributed by atoms with Crippen LogP contribution in [-0.2, 0) is 4.79 Å². The third kappa shape index (κ3) is 4.39. The molecule has 2 heterocycles. The minimum atomic E-state index is -0.271. The molecule has 0 unspecified atom stereocenters. The Hall–Kier alpha value is -4.33. The standard InChI is InChI=1S/C24H22N4O4/c1-30-20-12-16(13-21(31-2)23(20)32-3)8-9-22(29)26-18-7-4-6-17(14-18)19-15-28-11-5-10-25-24(28)27-19/h4-15H,1-3H3,(H,26,29)/b9-8+. The lowest BCUT2D eigenvalue weighted by molar-refractivity contribution is -0.111. The van der Waals surface area contributed by atoms with Crippen molar-refractivity contribution < 1.29 is 19.0 Å². The van der Waals surface area contributed by atoms with Crippen molar-refractivity contribution >= 4 is 23.4 Å². The number of imidazole rings is 1. The quantitative estimate of drug-likeness (QED) is 0.445. The summed E-state index contributed by atoms with van der Waals surface area (Å²) in [7, 11) is 4.63. The van der Waals surface area contributed by atoms with Crippen LogP contribution >= 0.6 is 0 Å². The fourth-order valence-corrected chi connectivity index (χ4v) is 3.28. The molecule has 0 aliphatic carbocycles. The highest BCUT2D eigenvalue weighted by atomic mass is 16.5. The SMILES string of the molecule is COc1cc(/C=C/C(=O)Nc2cccc(-c3cn4cccnc4n3)c2)cc(OC)c1OC. The fraction of sp³-hybridized carbons (Fsp3) is 0.125. The smallest absolute Gasteiger partial charge is 0.248 e. The highest BCUT2D eigenvalue weighted by molar-refractivity contribution is 6.02. The molecule has 0 saturated carbocycles. The fourth-order valence-electron chi connectivity index (χ4n) is 3.28. The molecule has 32 heavy (non-hydrogen) atoms. The Kier molecular flexibility index (Phi) is 6.03. The number of anilines is 1. The molecule has 0 spiro atoms. The van der Waals surface area contributed by atoms with Crippen molar-refractivity contribution in [1.29, 1.82) is 0 Å². The second-order valence-electron chi connectivity index (χ2n) is 6.82. The largest absolute Gasteiger partial charge is 0.493 e. The van der Waals surface area contributed by atoms with Gasteiger partial charge in [-0.25, -0.2) is 9.97 Å². The molecule has 1 N–H and O–H groups in total. The summed E-state index contributed by atoms with van der Waals surface area (Å²) in [4.78, 5) is 21.2. The molecule has 4 rings (SSSR count). The Morgan fingerprint density at radius 2 is 1.81 bits per heavy atom. The third-order valence-electron chi connectivity index (χ3n) is 4.78. The van der Waals surface area contributed by atoms with E-state index in [9.17, 15) is 4.79 Å². The van der Waals surface area contributed by atoms with Gasteiger partial charge < -0.3 is 19.5 Å². The molecule has 2 aromatic heterocycles. The molecule has 162 valence electrons. The highest BCUT2D eigenvalue weighted by Crippen LogP contribution is 2.38. The number of benzene rings is 2. The van der Waals surface area contributed by atoms with Gasteiger partial charge in [-0.1, -0.05) is 12.1 Å². The molecule has 0 saturated heterocycles. The maximum Gasteiger partial charge on any atom is 0.248 e. The minimum absolute atomic E-state index is 0.271. The number of hydrogen-bond donors (Lipinski definition) is 1. The van der Waals surface area contributed by atoms with Crippen molar-refractivity contribution in [3.63, 3.8) is 0 Å². The number of hydrogen-bond acceptors (Lipinski definition) is 6. The molecule has 0 fully saturated rings. The van der Waals surface area contributed by atoms with Gasteiger partial charge in [0.1, 0.15) is 0 Å². The summed E-state index contributed by atoms with van der Waals surface area (Å²) < 4.78 is 17.9. The van der Waals surface area contributed by atoms with Crippen LogP contribution in [0.5, 0.6) is 17.2 Å². The van der Waals surface area contributed by atoms with Gasteiger partial charge in [0.2, 0.25) is 17.4 Å².